The number of benzene rings is 1. The third-order valence-corrected chi connectivity index (χ3v) is 7.31. The molecule has 2 rings (SSSR count). The molecule has 3 atom stereocenters. The molecule has 1 unspecified atom stereocenters. The van der Waals surface area contributed by atoms with Crippen LogP contribution in [-0.4, -0.2) is 41.8 Å². The van der Waals surface area contributed by atoms with E-state index in [0.717, 1.165) is 9.77 Å². The summed E-state index contributed by atoms with van der Waals surface area (Å²) >= 11 is 3.02. The van der Waals surface area contributed by atoms with E-state index in [4.69, 9.17) is 0 Å². The van der Waals surface area contributed by atoms with Crippen LogP contribution in [-0.2, 0) is 20.8 Å². The second-order valence-electron chi connectivity index (χ2n) is 7.93. The zero-order valence-corrected chi connectivity index (χ0v) is 20.2. The van der Waals surface area contributed by atoms with Crippen LogP contribution in [0.5, 0.6) is 0 Å². The Bertz CT molecular complexity index is 859. The smallest absolute Gasteiger partial charge is 0.248 e. The number of likely N-dealkylation sites (N-methyl/N-ethyl adjacent to an activating group) is 1. The molecule has 7 nitrogen and oxygen atoms in total. The van der Waals surface area contributed by atoms with Gasteiger partial charge in [-0.05, 0) is 29.3 Å². The normalized spacial score (nSPS) is 13.8. The number of hydrogen-bond donors (Lipinski definition) is 4. The van der Waals surface area contributed by atoms with Crippen LogP contribution in [0.4, 0.5) is 0 Å². The molecular formula is C23H31N3O4S2. The van der Waals surface area contributed by atoms with E-state index >= 15 is 0 Å². The molecule has 0 aliphatic carbocycles. The van der Waals surface area contributed by atoms with Crippen LogP contribution >= 0.6 is 23.1 Å². The van der Waals surface area contributed by atoms with Crippen molar-refractivity contribution in [2.45, 2.75) is 36.9 Å². The first-order chi connectivity index (χ1) is 15.3. The van der Waals surface area contributed by atoms with Crippen LogP contribution in [0.3, 0.4) is 0 Å². The molecule has 0 radical (unpaired) electrons. The number of hydroxylamine groups is 1. The monoisotopic (exact) mass is 477 g/mol. The van der Waals surface area contributed by atoms with Gasteiger partial charge in [0.15, 0.2) is 0 Å². The van der Waals surface area contributed by atoms with Crippen molar-refractivity contribution in [3.05, 3.63) is 53.4 Å². The van der Waals surface area contributed by atoms with Crippen LogP contribution in [0.25, 0.3) is 0 Å². The van der Waals surface area contributed by atoms with Crippen molar-refractivity contribution in [2.75, 3.05) is 12.8 Å². The Morgan fingerprint density at radius 3 is 2.28 bits per heavy atom. The molecule has 1 heterocycles. The maximum absolute atomic E-state index is 13.4. The number of thiophene rings is 1. The average Bonchev–Trinajstić information content (AvgIpc) is 3.31. The van der Waals surface area contributed by atoms with Gasteiger partial charge in [-0.15, -0.1) is 23.1 Å². The van der Waals surface area contributed by atoms with Crippen molar-refractivity contribution < 1.29 is 19.6 Å². The van der Waals surface area contributed by atoms with E-state index in [1.54, 1.807) is 16.8 Å². The first kappa shape index (κ1) is 25.9. The van der Waals surface area contributed by atoms with E-state index in [1.165, 1.54) is 18.8 Å². The number of nitrogens with one attached hydrogen (secondary N) is 3. The van der Waals surface area contributed by atoms with Crippen molar-refractivity contribution in [1.29, 1.82) is 0 Å². The fraction of sp³-hybridized carbons (Fsp3) is 0.435. The molecule has 4 N–H and O–H groups in total. The van der Waals surface area contributed by atoms with E-state index in [0.29, 0.717) is 18.6 Å². The Balaban J connectivity index is 2.23. The molecule has 9 heteroatoms. The summed E-state index contributed by atoms with van der Waals surface area (Å²) in [6.07, 6.45) is 0.780. The van der Waals surface area contributed by atoms with E-state index in [-0.39, 0.29) is 17.7 Å². The Labute approximate surface area is 197 Å². The predicted octanol–water partition coefficient (Wildman–Crippen LogP) is 3.10. The highest BCUT2D eigenvalue weighted by Gasteiger charge is 2.36. The predicted molar refractivity (Wildman–Crippen MR) is 128 cm³/mol. The summed E-state index contributed by atoms with van der Waals surface area (Å²) in [5.74, 6) is -2.26. The molecule has 1 aromatic heterocycles. The van der Waals surface area contributed by atoms with Gasteiger partial charge in [-0.25, -0.2) is 5.48 Å². The Kier molecular flexibility index (Phi) is 10.7. The molecule has 0 fully saturated rings. The van der Waals surface area contributed by atoms with Gasteiger partial charge in [0.05, 0.1) is 16.0 Å². The van der Waals surface area contributed by atoms with Gasteiger partial charge in [0.25, 0.3) is 0 Å². The summed E-state index contributed by atoms with van der Waals surface area (Å²) in [7, 11) is 1.53. The lowest BCUT2D eigenvalue weighted by molar-refractivity contribution is -0.140. The standard InChI is InChI=1S/C23H31N3O4S2/c1-15(2)12-17(18(22(28)26-30)14-32-20-10-7-11-31-20)21(27)25-19(23(29)24-3)13-16-8-5-4-6-9-16/h4-11,15,17-19,30H,12-14H2,1-3H3,(H,24,29)(H,25,27)(H,26,28)/t17-,18?,19-/m1/s1. The van der Waals surface area contributed by atoms with Crippen molar-refractivity contribution in [2.24, 2.45) is 17.8 Å². The maximum atomic E-state index is 13.4. The van der Waals surface area contributed by atoms with Crippen molar-refractivity contribution >= 4 is 40.8 Å². The lowest BCUT2D eigenvalue weighted by atomic mass is 9.84. The molecule has 1 aromatic carbocycles. The average molecular weight is 478 g/mol. The second-order valence-corrected chi connectivity index (χ2v) is 10.2. The summed E-state index contributed by atoms with van der Waals surface area (Å²) in [5, 5.41) is 16.7. The van der Waals surface area contributed by atoms with E-state index in [2.05, 4.69) is 10.6 Å². The lowest BCUT2D eigenvalue weighted by Gasteiger charge is -2.28. The molecular weight excluding hydrogens is 446 g/mol. The molecule has 0 bridgehead atoms. The van der Waals surface area contributed by atoms with Gasteiger partial charge >= 0.3 is 0 Å². The van der Waals surface area contributed by atoms with Crippen molar-refractivity contribution in [3.8, 4) is 0 Å². The Morgan fingerprint density at radius 1 is 1.00 bits per heavy atom. The minimum absolute atomic E-state index is 0.138. The number of thioether (sulfide) groups is 1. The largest absolute Gasteiger partial charge is 0.357 e. The fourth-order valence-electron chi connectivity index (χ4n) is 3.45. The van der Waals surface area contributed by atoms with Gasteiger partial charge in [0.2, 0.25) is 17.7 Å². The minimum Gasteiger partial charge on any atom is -0.357 e. The highest BCUT2D eigenvalue weighted by atomic mass is 32.2. The van der Waals surface area contributed by atoms with Crippen LogP contribution in [0.1, 0.15) is 25.8 Å². The molecule has 3 amide bonds. The van der Waals surface area contributed by atoms with Crippen LogP contribution in [0.15, 0.2) is 52.1 Å². The molecule has 174 valence electrons. The van der Waals surface area contributed by atoms with E-state index in [1.807, 2.05) is 61.7 Å². The van der Waals surface area contributed by atoms with Crippen molar-refractivity contribution in [3.63, 3.8) is 0 Å². The van der Waals surface area contributed by atoms with Gasteiger partial charge in [-0.3, -0.25) is 19.6 Å². The summed E-state index contributed by atoms with van der Waals surface area (Å²) in [4.78, 5) is 38.4. The number of carbonyl (C=O) groups excluding carboxylic acids is 3. The molecule has 0 saturated heterocycles. The lowest BCUT2D eigenvalue weighted by Crippen LogP contribution is -2.51. The minimum atomic E-state index is -0.771. The topological polar surface area (TPSA) is 108 Å². The Morgan fingerprint density at radius 2 is 1.72 bits per heavy atom. The second kappa shape index (κ2) is 13.2. The first-order valence-electron chi connectivity index (χ1n) is 10.5. The highest BCUT2D eigenvalue weighted by Crippen LogP contribution is 2.31. The Hall–Kier alpha value is -2.36. The van der Waals surface area contributed by atoms with Crippen LogP contribution in [0.2, 0.25) is 0 Å². The fourth-order valence-corrected chi connectivity index (χ4v) is 5.44. The molecule has 2 aromatic rings. The van der Waals surface area contributed by atoms with Crippen LogP contribution < -0.4 is 16.1 Å². The molecule has 0 aliphatic rings. The van der Waals surface area contributed by atoms with Gasteiger partial charge in [0, 0.05) is 19.2 Å². The summed E-state index contributed by atoms with van der Waals surface area (Å²) in [6.45, 7) is 3.95. The van der Waals surface area contributed by atoms with E-state index in [9.17, 15) is 19.6 Å². The van der Waals surface area contributed by atoms with E-state index < -0.39 is 23.8 Å². The van der Waals surface area contributed by atoms with Crippen LogP contribution in [0, 0.1) is 17.8 Å². The molecule has 0 aliphatic heterocycles. The van der Waals surface area contributed by atoms with Gasteiger partial charge < -0.3 is 10.6 Å². The number of carbonyl (C=O) groups is 3. The quantitative estimate of drug-likeness (QED) is 0.213. The third-order valence-electron chi connectivity index (χ3n) is 5.06. The summed E-state index contributed by atoms with van der Waals surface area (Å²) in [6, 6.07) is 12.5. The molecule has 0 spiro atoms. The summed E-state index contributed by atoms with van der Waals surface area (Å²) < 4.78 is 1.02. The number of rotatable bonds is 12. The first-order valence-corrected chi connectivity index (χ1v) is 12.4. The zero-order valence-electron chi connectivity index (χ0n) is 18.5. The van der Waals surface area contributed by atoms with Gasteiger partial charge in [-0.1, -0.05) is 50.2 Å². The van der Waals surface area contributed by atoms with Gasteiger partial charge in [-0.2, -0.15) is 0 Å². The van der Waals surface area contributed by atoms with Crippen molar-refractivity contribution in [1.82, 2.24) is 16.1 Å². The SMILES string of the molecule is CNC(=O)[C@@H](Cc1ccccc1)NC(=O)[C@H](CC(C)C)C(CSc1cccs1)C(=O)NO. The molecule has 32 heavy (non-hydrogen) atoms. The maximum Gasteiger partial charge on any atom is 0.248 e. The molecule has 0 saturated carbocycles. The third kappa shape index (κ3) is 7.96. The summed E-state index contributed by atoms with van der Waals surface area (Å²) in [5.41, 5.74) is 2.64. The van der Waals surface area contributed by atoms with Gasteiger partial charge in [0.1, 0.15) is 6.04 Å². The zero-order chi connectivity index (χ0) is 23.5. The number of hydrogen-bond acceptors (Lipinski definition) is 6. The highest BCUT2D eigenvalue weighted by molar-refractivity contribution is 8.01. The number of amides is 3.